The highest BCUT2D eigenvalue weighted by molar-refractivity contribution is 7.43. The molecule has 6 aliphatic rings. The van der Waals surface area contributed by atoms with Crippen molar-refractivity contribution < 1.29 is 94.3 Å². The summed E-state index contributed by atoms with van der Waals surface area (Å²) in [6.45, 7) is 91.3. The predicted octanol–water partition coefficient (Wildman–Crippen LogP) is 33.6. The van der Waals surface area contributed by atoms with Crippen molar-refractivity contribution in [3.05, 3.63) is 163 Å². The standard InChI is InChI=1S/C36H57O3P.C35H54O6P2.C31H46O6P2.C7H14O6P2/c1-15-17-18-24(16-2)23-37-40-38-31-27(19-25(33(3,4)5)21-29(31)35(9,10)11)28-20-26(34(6,7)8)22-30(32(28)39-40)36(12,13)14;1-23-15-25(31(3,4)5)29(26(16-23)32(6,7)8)40-42-36-19-35(20-37-42)21-38-43(39-22-35)41-30-27(33(9,10)11)17-24(2)18-28(30)34(12,13)14;1-11-22-16-23(28(2,3)4)12-14-26(22)36-38-32-18-31(19-33-38)20-34-39(35-21-31)37-27-15-13-24(29(5,6)7)17-25(27)30(8,9)10;1-8-14-10-3-7(4-11-14)5-12-15(9-2)13-6-7/h19-22,24H,15-18,23H2,1-14H3;15-18H,19-22H2,1-14H3;12-17H,11,18-21H2,1-10H3;3-6H2,1-2H3. The SMILES string of the molecule is CCCCC(CC)COp1oc2c(C(C)(C)C)cc(C(C)(C)C)cc2c2cc(C(C)(C)C)cc(C(C)(C)C)c2o1.CCc1cc(C(C)(C)C)ccc1OP1OCC2(CO1)COP(Oc1ccc(C(C)(C)C)cc1C(C)(C)C)OC2.COP1OCC2(CO1)COP(OC)OC2.Cc1cc(C(C)(C)C)c(OP2OCC3(CO2)COP(Oc2c(C(C)(C)C)cc(C)cc2C(C)(C)C)OC3)c(C(C)(C)C)c1. The van der Waals surface area contributed by atoms with E-state index in [1.54, 1.807) is 14.2 Å². The van der Waals surface area contributed by atoms with E-state index in [2.05, 4.69) is 342 Å². The molecule has 0 saturated carbocycles. The third kappa shape index (κ3) is 31.0. The summed E-state index contributed by atoms with van der Waals surface area (Å²) >= 11 is 0. The molecule has 1 unspecified atom stereocenters. The normalized spacial score (nSPS) is 23.2. The van der Waals surface area contributed by atoms with Crippen LogP contribution >= 0.6 is 59.9 Å². The van der Waals surface area contributed by atoms with Gasteiger partial charge in [-0.15, -0.1) is 0 Å². The first-order valence-electron chi connectivity index (χ1n) is 49.2. The van der Waals surface area contributed by atoms with E-state index in [0.29, 0.717) is 91.8 Å². The number of hydrogen-bond donors (Lipinski definition) is 0. The minimum Gasteiger partial charge on any atom is -0.426 e. The highest BCUT2D eigenvalue weighted by atomic mass is 31.2. The van der Waals surface area contributed by atoms with E-state index in [4.69, 9.17) is 94.3 Å². The molecule has 7 aromatic rings. The minimum atomic E-state index is -1.63. The van der Waals surface area contributed by atoms with Crippen molar-refractivity contribution in [2.24, 2.45) is 22.2 Å². The fourth-order valence-electron chi connectivity index (χ4n) is 16.1. The number of unbranched alkanes of at least 4 members (excludes halogenated alkanes) is 1. The molecule has 137 heavy (non-hydrogen) atoms. The van der Waals surface area contributed by atoms with Gasteiger partial charge in [0.2, 0.25) is 0 Å². The highest BCUT2D eigenvalue weighted by Gasteiger charge is 2.50. The maximum absolute atomic E-state index is 6.88. The van der Waals surface area contributed by atoms with Crippen LogP contribution in [0.5, 0.6) is 23.0 Å². The summed E-state index contributed by atoms with van der Waals surface area (Å²) in [6, 6.07) is 31.1. The molecule has 0 radical (unpaired) electrons. The Morgan fingerprint density at radius 3 is 0.861 bits per heavy atom. The summed E-state index contributed by atoms with van der Waals surface area (Å²) in [5, 5.41) is 2.24. The van der Waals surface area contributed by atoms with Crippen molar-refractivity contribution in [3.63, 3.8) is 0 Å². The third-order valence-corrected chi connectivity index (χ3v) is 32.5. The van der Waals surface area contributed by atoms with Crippen LogP contribution in [0.2, 0.25) is 0 Å². The van der Waals surface area contributed by atoms with Crippen LogP contribution in [0.15, 0.2) is 93.3 Å². The van der Waals surface area contributed by atoms with Gasteiger partial charge in [-0.25, -0.2) is 0 Å². The van der Waals surface area contributed by atoms with E-state index in [-0.39, 0.29) is 70.4 Å². The zero-order valence-corrected chi connectivity index (χ0v) is 97.4. The Kier molecular flexibility index (Phi) is 38.6. The molecule has 7 heterocycles. The quantitative estimate of drug-likeness (QED) is 0.0733. The molecule has 0 N–H and O–H groups in total. The van der Waals surface area contributed by atoms with E-state index in [1.165, 1.54) is 86.0 Å². The topological polar surface area (TPSA) is 202 Å². The van der Waals surface area contributed by atoms with Crippen LogP contribution in [-0.4, -0.2) is 100 Å². The second-order valence-electron chi connectivity index (χ2n) is 49.8. The maximum Gasteiger partial charge on any atom is 0.397 e. The van der Waals surface area contributed by atoms with Crippen molar-refractivity contribution in [3.8, 4) is 23.0 Å². The zero-order valence-electron chi connectivity index (χ0n) is 91.1. The lowest BCUT2D eigenvalue weighted by molar-refractivity contribution is -0.0729. The Hall–Kier alpha value is -3.60. The lowest BCUT2D eigenvalue weighted by Gasteiger charge is -2.42. The van der Waals surface area contributed by atoms with Crippen molar-refractivity contribution in [1.29, 1.82) is 0 Å². The number of fused-ring (bicyclic) bond motifs is 3. The molecule has 768 valence electrons. The number of aryl methyl sites for hydroxylation is 3. The first kappa shape index (κ1) is 115. The second-order valence-corrected chi connectivity index (χ2v) is 58.1. The van der Waals surface area contributed by atoms with Gasteiger partial charge >= 0.3 is 59.9 Å². The molecule has 0 amide bonds. The molecule has 13 rings (SSSR count). The molecule has 3 spiro atoms. The lowest BCUT2D eigenvalue weighted by atomic mass is 9.77. The summed E-state index contributed by atoms with van der Waals surface area (Å²) in [4.78, 5) is 0. The van der Waals surface area contributed by atoms with Gasteiger partial charge in [0, 0.05) is 63.9 Å². The zero-order chi connectivity index (χ0) is 102. The molecule has 6 aromatic carbocycles. The lowest BCUT2D eigenvalue weighted by Crippen LogP contribution is -2.45. The number of rotatable bonds is 18. The first-order valence-corrected chi connectivity index (χ1v) is 56.8. The largest absolute Gasteiger partial charge is 0.426 e. The fraction of sp³-hybridized carbons (Fsp3) is 0.670. The molecule has 1 atom stereocenters. The molecule has 28 heteroatoms. The Balaban J connectivity index is 0.000000197. The number of benzene rings is 6. The molecular weight excluding hydrogens is 1860 g/mol. The Morgan fingerprint density at radius 2 is 0.584 bits per heavy atom. The molecule has 1 aromatic heterocycles. The average molecular weight is 2030 g/mol. The summed E-state index contributed by atoms with van der Waals surface area (Å²) in [5.41, 5.74) is 17.4. The van der Waals surface area contributed by atoms with Crippen LogP contribution < -0.4 is 22.6 Å². The van der Waals surface area contributed by atoms with Gasteiger partial charge in [0.15, 0.2) is 0 Å². The maximum atomic E-state index is 6.88. The van der Waals surface area contributed by atoms with E-state index >= 15 is 0 Å². The Morgan fingerprint density at radius 1 is 0.307 bits per heavy atom. The van der Waals surface area contributed by atoms with Crippen LogP contribution in [0.4, 0.5) is 0 Å². The molecule has 0 bridgehead atoms. The first-order chi connectivity index (χ1) is 63.2. The summed E-state index contributed by atoms with van der Waals surface area (Å²) in [5.74, 6) is 3.90. The predicted molar refractivity (Wildman–Crippen MR) is 568 cm³/mol. The number of hydrogen-bond acceptors (Lipinski definition) is 21. The smallest absolute Gasteiger partial charge is 0.397 e. The molecule has 21 nitrogen and oxygen atoms in total. The summed E-state index contributed by atoms with van der Waals surface area (Å²) in [7, 11) is -6.93. The van der Waals surface area contributed by atoms with E-state index in [0.717, 1.165) is 68.9 Å². The van der Waals surface area contributed by atoms with Gasteiger partial charge in [-0.05, 0) is 144 Å². The molecule has 6 aliphatic heterocycles. The molecule has 6 fully saturated rings. The van der Waals surface area contributed by atoms with Gasteiger partial charge in [0.05, 0.1) is 102 Å². The van der Waals surface area contributed by atoms with Gasteiger partial charge in [-0.2, -0.15) is 0 Å². The van der Waals surface area contributed by atoms with Gasteiger partial charge in [0.25, 0.3) is 0 Å². The van der Waals surface area contributed by atoms with Crippen LogP contribution in [-0.2, 0) is 129 Å². The summed E-state index contributed by atoms with van der Waals surface area (Å²) < 4.78 is 127. The van der Waals surface area contributed by atoms with Gasteiger partial charge < -0.3 is 89.8 Å². The highest BCUT2D eigenvalue weighted by Crippen LogP contribution is 2.60. The minimum absolute atomic E-state index is 0.00823. The second kappa shape index (κ2) is 45.8. The molecular formula is C109H171O21P7. The van der Waals surface area contributed by atoms with Gasteiger partial charge in [-0.3, -0.25) is 4.52 Å². The van der Waals surface area contributed by atoms with Crippen LogP contribution in [0.25, 0.3) is 21.9 Å². The summed E-state index contributed by atoms with van der Waals surface area (Å²) in [6.07, 6.45) is 5.58. The Bertz CT molecular complexity index is 4860. The average Bonchev–Trinajstić information content (AvgIpc) is 1.66. The fourth-order valence-corrected chi connectivity index (χ4v) is 24.5. The van der Waals surface area contributed by atoms with E-state index < -0.39 is 65.3 Å². The van der Waals surface area contributed by atoms with Crippen molar-refractivity contribution >= 4 is 81.8 Å². The Labute approximate surface area is 833 Å². The van der Waals surface area contributed by atoms with Crippen molar-refractivity contribution in [2.45, 2.75) is 355 Å². The van der Waals surface area contributed by atoms with Crippen molar-refractivity contribution in [1.82, 2.24) is 0 Å². The molecule has 6 saturated heterocycles. The van der Waals surface area contributed by atoms with Crippen LogP contribution in [0.1, 0.15) is 353 Å². The van der Waals surface area contributed by atoms with Gasteiger partial charge in [-0.1, -0.05) is 340 Å². The molecule has 0 aliphatic carbocycles. The third-order valence-electron chi connectivity index (χ3n) is 25.5. The van der Waals surface area contributed by atoms with Crippen LogP contribution in [0, 0.1) is 36.0 Å². The van der Waals surface area contributed by atoms with Crippen molar-refractivity contribution in [2.75, 3.05) is 100 Å². The van der Waals surface area contributed by atoms with E-state index in [9.17, 15) is 0 Å². The van der Waals surface area contributed by atoms with Crippen LogP contribution in [0.3, 0.4) is 0 Å². The van der Waals surface area contributed by atoms with Gasteiger partial charge in [0.1, 0.15) is 34.2 Å². The van der Waals surface area contributed by atoms with E-state index in [1.807, 2.05) is 6.07 Å². The monoisotopic (exact) mass is 2030 g/mol.